The molecule has 1 aliphatic carbocycles. The Kier molecular flexibility index (Phi) is 4.17. The second-order valence-electron chi connectivity index (χ2n) is 5.35. The summed E-state index contributed by atoms with van der Waals surface area (Å²) < 4.78 is 27.4. The molecule has 1 aliphatic rings. The van der Waals surface area contributed by atoms with E-state index in [-0.39, 0.29) is 28.2 Å². The Labute approximate surface area is 130 Å². The number of nitrogens with one attached hydrogen (secondary N) is 1. The Morgan fingerprint density at radius 1 is 1.41 bits per heavy atom. The van der Waals surface area contributed by atoms with Gasteiger partial charge in [0.05, 0.1) is 5.56 Å². The Morgan fingerprint density at radius 3 is 2.73 bits per heavy atom. The van der Waals surface area contributed by atoms with Gasteiger partial charge in [0.1, 0.15) is 22.3 Å². The van der Waals surface area contributed by atoms with Crippen LogP contribution in [0.2, 0.25) is 0 Å². The molecule has 1 fully saturated rings. The van der Waals surface area contributed by atoms with Crippen molar-refractivity contribution in [3.05, 3.63) is 40.9 Å². The lowest BCUT2D eigenvalue weighted by molar-refractivity contribution is 0.0946. The molecule has 3 rings (SSSR count). The molecule has 0 bridgehead atoms. The number of carbonyl (C=O) groups excluding carboxylic acids is 1. The number of rotatable bonds is 5. The zero-order valence-electron chi connectivity index (χ0n) is 11.7. The topological polar surface area (TPSA) is 68.0 Å². The van der Waals surface area contributed by atoms with Gasteiger partial charge in [-0.3, -0.25) is 4.79 Å². The number of nitrogens with zero attached hydrogens (tertiary/aromatic N) is 1. The summed E-state index contributed by atoms with van der Waals surface area (Å²) in [5, 5.41) is 4.34. The highest BCUT2D eigenvalue weighted by Gasteiger charge is 2.28. The van der Waals surface area contributed by atoms with E-state index in [1.165, 1.54) is 11.4 Å². The van der Waals surface area contributed by atoms with Gasteiger partial charge in [0, 0.05) is 18.0 Å². The first-order chi connectivity index (χ1) is 10.6. The van der Waals surface area contributed by atoms with Gasteiger partial charge in [0.2, 0.25) is 0 Å². The predicted molar refractivity (Wildman–Crippen MR) is 80.5 cm³/mol. The summed E-state index contributed by atoms with van der Waals surface area (Å²) in [5.41, 5.74) is 5.85. The van der Waals surface area contributed by atoms with Crippen molar-refractivity contribution in [3.63, 3.8) is 0 Å². The standard InChI is InChI=1S/C15H15F2N3OS/c16-9-2-1-3-10(17)13(9)15-20-12(7-22-15)14(21)19-6-11(18)8-4-5-8/h1-3,7-8,11H,4-6,18H2,(H,19,21). The number of carbonyl (C=O) groups is 1. The third-order valence-electron chi connectivity index (χ3n) is 3.64. The molecule has 2 aromatic rings. The summed E-state index contributed by atoms with van der Waals surface area (Å²) in [5.74, 6) is -1.29. The highest BCUT2D eigenvalue weighted by atomic mass is 32.1. The average Bonchev–Trinajstić information content (AvgIpc) is 3.23. The zero-order valence-corrected chi connectivity index (χ0v) is 12.5. The van der Waals surface area contributed by atoms with Gasteiger partial charge >= 0.3 is 0 Å². The van der Waals surface area contributed by atoms with Crippen molar-refractivity contribution in [2.24, 2.45) is 11.7 Å². The first-order valence-electron chi connectivity index (χ1n) is 7.00. The number of nitrogens with two attached hydrogens (primary N) is 1. The van der Waals surface area contributed by atoms with Gasteiger partial charge in [0.25, 0.3) is 5.91 Å². The second kappa shape index (κ2) is 6.10. The van der Waals surface area contributed by atoms with Crippen molar-refractivity contribution in [1.82, 2.24) is 10.3 Å². The third kappa shape index (κ3) is 3.15. The van der Waals surface area contributed by atoms with E-state index in [4.69, 9.17) is 5.73 Å². The highest BCUT2D eigenvalue weighted by Crippen LogP contribution is 2.31. The molecule has 1 amide bonds. The van der Waals surface area contributed by atoms with Crippen LogP contribution >= 0.6 is 11.3 Å². The van der Waals surface area contributed by atoms with Crippen molar-refractivity contribution in [3.8, 4) is 10.6 Å². The van der Waals surface area contributed by atoms with Crippen LogP contribution in [0.4, 0.5) is 8.78 Å². The van der Waals surface area contributed by atoms with Crippen molar-refractivity contribution in [1.29, 1.82) is 0 Å². The van der Waals surface area contributed by atoms with E-state index in [2.05, 4.69) is 10.3 Å². The minimum Gasteiger partial charge on any atom is -0.349 e. The predicted octanol–water partition coefficient (Wildman–Crippen LogP) is 2.56. The van der Waals surface area contributed by atoms with Gasteiger partial charge in [-0.05, 0) is 30.9 Å². The molecule has 0 saturated heterocycles. The van der Waals surface area contributed by atoms with Gasteiger partial charge in [0.15, 0.2) is 0 Å². The van der Waals surface area contributed by atoms with E-state index in [0.29, 0.717) is 12.5 Å². The van der Waals surface area contributed by atoms with Crippen LogP contribution in [0.1, 0.15) is 23.3 Å². The van der Waals surface area contributed by atoms with E-state index in [1.807, 2.05) is 0 Å². The summed E-state index contributed by atoms with van der Waals surface area (Å²) in [6.07, 6.45) is 2.20. The van der Waals surface area contributed by atoms with Crippen molar-refractivity contribution in [2.45, 2.75) is 18.9 Å². The van der Waals surface area contributed by atoms with Crippen LogP contribution in [0.3, 0.4) is 0 Å². The van der Waals surface area contributed by atoms with Gasteiger partial charge in [-0.15, -0.1) is 11.3 Å². The molecule has 1 unspecified atom stereocenters. The molecular weight excluding hydrogens is 308 g/mol. The quantitative estimate of drug-likeness (QED) is 0.888. The van der Waals surface area contributed by atoms with Gasteiger partial charge < -0.3 is 11.1 Å². The van der Waals surface area contributed by atoms with Crippen LogP contribution < -0.4 is 11.1 Å². The molecule has 1 saturated carbocycles. The summed E-state index contributed by atoms with van der Waals surface area (Å²) in [6.45, 7) is 0.379. The SMILES string of the molecule is NC(CNC(=O)c1csc(-c2c(F)cccc2F)n1)C1CC1. The fourth-order valence-electron chi connectivity index (χ4n) is 2.19. The molecule has 0 radical (unpaired) electrons. The van der Waals surface area contributed by atoms with E-state index in [1.54, 1.807) is 0 Å². The van der Waals surface area contributed by atoms with Crippen LogP contribution in [0, 0.1) is 17.6 Å². The lowest BCUT2D eigenvalue weighted by atomic mass is 10.2. The largest absolute Gasteiger partial charge is 0.349 e. The maximum Gasteiger partial charge on any atom is 0.270 e. The van der Waals surface area contributed by atoms with Crippen LogP contribution in [0.5, 0.6) is 0 Å². The van der Waals surface area contributed by atoms with E-state index in [9.17, 15) is 13.6 Å². The Morgan fingerprint density at radius 2 is 2.09 bits per heavy atom. The minimum absolute atomic E-state index is 0.0499. The average molecular weight is 323 g/mol. The van der Waals surface area contributed by atoms with E-state index in [0.717, 1.165) is 36.3 Å². The van der Waals surface area contributed by atoms with E-state index < -0.39 is 11.6 Å². The third-order valence-corrected chi connectivity index (χ3v) is 4.50. The van der Waals surface area contributed by atoms with Crippen LogP contribution in [-0.4, -0.2) is 23.5 Å². The molecule has 7 heteroatoms. The number of benzene rings is 1. The first kappa shape index (κ1) is 15.1. The number of thiazole rings is 1. The van der Waals surface area contributed by atoms with Crippen molar-refractivity contribution < 1.29 is 13.6 Å². The lowest BCUT2D eigenvalue weighted by Gasteiger charge is -2.10. The molecule has 1 heterocycles. The summed E-state index contributed by atoms with van der Waals surface area (Å²) >= 11 is 1.03. The minimum atomic E-state index is -0.697. The smallest absolute Gasteiger partial charge is 0.270 e. The van der Waals surface area contributed by atoms with Crippen molar-refractivity contribution in [2.75, 3.05) is 6.54 Å². The monoisotopic (exact) mass is 323 g/mol. The molecule has 1 atom stereocenters. The van der Waals surface area contributed by atoms with E-state index >= 15 is 0 Å². The number of hydrogen-bond donors (Lipinski definition) is 2. The second-order valence-corrected chi connectivity index (χ2v) is 6.20. The van der Waals surface area contributed by atoms with Gasteiger partial charge in [-0.1, -0.05) is 6.07 Å². The molecular formula is C15H15F2N3OS. The highest BCUT2D eigenvalue weighted by molar-refractivity contribution is 7.13. The summed E-state index contributed by atoms with van der Waals surface area (Å²) in [7, 11) is 0. The lowest BCUT2D eigenvalue weighted by Crippen LogP contribution is -2.38. The zero-order chi connectivity index (χ0) is 15.7. The number of aromatic nitrogens is 1. The number of amides is 1. The Hall–Kier alpha value is -1.86. The molecule has 1 aromatic carbocycles. The molecule has 116 valence electrons. The Balaban J connectivity index is 1.71. The Bertz CT molecular complexity index is 680. The fraction of sp³-hybridized carbons (Fsp3) is 0.333. The molecule has 22 heavy (non-hydrogen) atoms. The normalized spacial score (nSPS) is 15.6. The molecule has 3 N–H and O–H groups in total. The van der Waals surface area contributed by atoms with Gasteiger partial charge in [-0.2, -0.15) is 0 Å². The maximum atomic E-state index is 13.7. The molecule has 4 nitrogen and oxygen atoms in total. The molecule has 0 aliphatic heterocycles. The fourth-order valence-corrected chi connectivity index (χ4v) is 3.03. The molecule has 0 spiro atoms. The van der Waals surface area contributed by atoms with Crippen molar-refractivity contribution >= 4 is 17.2 Å². The first-order valence-corrected chi connectivity index (χ1v) is 7.88. The van der Waals surface area contributed by atoms with Crippen LogP contribution in [-0.2, 0) is 0 Å². The maximum absolute atomic E-state index is 13.7. The van der Waals surface area contributed by atoms with Crippen LogP contribution in [0.25, 0.3) is 10.6 Å². The summed E-state index contributed by atoms with van der Waals surface area (Å²) in [6, 6.07) is 3.56. The van der Waals surface area contributed by atoms with Gasteiger partial charge in [-0.25, -0.2) is 13.8 Å². The summed E-state index contributed by atoms with van der Waals surface area (Å²) in [4.78, 5) is 16.0. The number of hydrogen-bond acceptors (Lipinski definition) is 4. The number of halogens is 2. The van der Waals surface area contributed by atoms with Crippen LogP contribution in [0.15, 0.2) is 23.6 Å². The molecule has 1 aromatic heterocycles.